The third-order valence-corrected chi connectivity index (χ3v) is 3.78. The van der Waals surface area contributed by atoms with Gasteiger partial charge in [-0.3, -0.25) is 4.79 Å². The lowest BCUT2D eigenvalue weighted by Gasteiger charge is -2.20. The molecule has 19 heavy (non-hydrogen) atoms. The molecule has 0 saturated carbocycles. The van der Waals surface area contributed by atoms with Crippen LogP contribution < -0.4 is 9.47 Å². The molecule has 0 aliphatic carbocycles. The van der Waals surface area contributed by atoms with Crippen LogP contribution in [0.3, 0.4) is 0 Å². The summed E-state index contributed by atoms with van der Waals surface area (Å²) in [7, 11) is 0. The van der Waals surface area contributed by atoms with E-state index in [9.17, 15) is 4.79 Å². The molecule has 0 N–H and O–H groups in total. The number of rotatable bonds is 2. The maximum absolute atomic E-state index is 12.3. The number of hydrogen-bond donors (Lipinski definition) is 0. The van der Waals surface area contributed by atoms with Gasteiger partial charge in [0.2, 0.25) is 12.7 Å². The van der Waals surface area contributed by atoms with Crippen LogP contribution in [0, 0.1) is 0 Å². The molecule has 4 nitrogen and oxygen atoms in total. The zero-order valence-electron chi connectivity index (χ0n) is 11.1. The SMILES string of the molecule is O=C(Cc1cccc2c1OCO2)N1CCCCCC1. The van der Waals surface area contributed by atoms with Crippen molar-refractivity contribution in [2.45, 2.75) is 32.1 Å². The van der Waals surface area contributed by atoms with Crippen LogP contribution in [0.1, 0.15) is 31.2 Å². The average Bonchev–Trinajstić information content (AvgIpc) is 2.73. The van der Waals surface area contributed by atoms with Gasteiger partial charge in [-0.25, -0.2) is 0 Å². The minimum atomic E-state index is 0.200. The Morgan fingerprint density at radius 1 is 1.11 bits per heavy atom. The van der Waals surface area contributed by atoms with Crippen LogP contribution in [0.25, 0.3) is 0 Å². The zero-order valence-corrected chi connectivity index (χ0v) is 11.1. The highest BCUT2D eigenvalue weighted by atomic mass is 16.7. The third kappa shape index (κ3) is 2.67. The van der Waals surface area contributed by atoms with Crippen molar-refractivity contribution in [2.24, 2.45) is 0 Å². The Labute approximate surface area is 113 Å². The number of ether oxygens (including phenoxy) is 2. The van der Waals surface area contributed by atoms with Crippen LogP contribution in [0.5, 0.6) is 11.5 Å². The molecule has 0 atom stereocenters. The first-order valence-corrected chi connectivity index (χ1v) is 7.00. The lowest BCUT2D eigenvalue weighted by Crippen LogP contribution is -2.33. The van der Waals surface area contributed by atoms with Crippen molar-refractivity contribution >= 4 is 5.91 Å². The number of para-hydroxylation sites is 1. The van der Waals surface area contributed by atoms with Crippen LogP contribution in [-0.2, 0) is 11.2 Å². The molecule has 1 aromatic carbocycles. The van der Waals surface area contributed by atoms with Gasteiger partial charge in [0.15, 0.2) is 11.5 Å². The second-order valence-corrected chi connectivity index (χ2v) is 5.12. The zero-order chi connectivity index (χ0) is 13.1. The minimum absolute atomic E-state index is 0.200. The van der Waals surface area contributed by atoms with Gasteiger partial charge < -0.3 is 14.4 Å². The monoisotopic (exact) mass is 261 g/mol. The fraction of sp³-hybridized carbons (Fsp3) is 0.533. The van der Waals surface area contributed by atoms with E-state index in [4.69, 9.17) is 9.47 Å². The third-order valence-electron chi connectivity index (χ3n) is 3.78. The van der Waals surface area contributed by atoms with E-state index in [1.165, 1.54) is 12.8 Å². The largest absolute Gasteiger partial charge is 0.454 e. The lowest BCUT2D eigenvalue weighted by atomic mass is 10.1. The van der Waals surface area contributed by atoms with E-state index >= 15 is 0 Å². The van der Waals surface area contributed by atoms with Crippen molar-refractivity contribution in [1.82, 2.24) is 4.90 Å². The number of amides is 1. The summed E-state index contributed by atoms with van der Waals surface area (Å²) in [6.45, 7) is 2.04. The summed E-state index contributed by atoms with van der Waals surface area (Å²) in [5.41, 5.74) is 0.934. The van der Waals surface area contributed by atoms with Crippen molar-refractivity contribution in [3.63, 3.8) is 0 Å². The molecule has 2 aliphatic rings. The van der Waals surface area contributed by atoms with Crippen molar-refractivity contribution in [3.05, 3.63) is 23.8 Å². The van der Waals surface area contributed by atoms with E-state index in [1.54, 1.807) is 0 Å². The second kappa shape index (κ2) is 5.51. The fourth-order valence-electron chi connectivity index (χ4n) is 2.72. The number of carbonyl (C=O) groups is 1. The molecule has 102 valence electrons. The Morgan fingerprint density at radius 2 is 1.89 bits per heavy atom. The summed E-state index contributed by atoms with van der Waals surface area (Å²) in [5, 5.41) is 0. The van der Waals surface area contributed by atoms with Crippen LogP contribution >= 0.6 is 0 Å². The highest BCUT2D eigenvalue weighted by molar-refractivity contribution is 5.80. The summed E-state index contributed by atoms with van der Waals surface area (Å²) < 4.78 is 10.8. The molecular weight excluding hydrogens is 242 g/mol. The molecule has 0 spiro atoms. The smallest absolute Gasteiger partial charge is 0.231 e. The molecular formula is C15H19NO3. The summed E-state index contributed by atoms with van der Waals surface area (Å²) >= 11 is 0. The number of carbonyl (C=O) groups excluding carboxylic acids is 1. The molecule has 0 unspecified atom stereocenters. The Bertz CT molecular complexity index is 464. The molecule has 0 radical (unpaired) electrons. The van der Waals surface area contributed by atoms with Gasteiger partial charge in [-0.1, -0.05) is 25.0 Å². The Kier molecular flexibility index (Phi) is 3.58. The van der Waals surface area contributed by atoms with Crippen LogP contribution in [0.15, 0.2) is 18.2 Å². The Morgan fingerprint density at radius 3 is 2.68 bits per heavy atom. The molecule has 1 saturated heterocycles. The number of benzene rings is 1. The van der Waals surface area contributed by atoms with Gasteiger partial charge in [0, 0.05) is 18.7 Å². The first-order chi connectivity index (χ1) is 9.34. The molecule has 0 bridgehead atoms. The lowest BCUT2D eigenvalue weighted by molar-refractivity contribution is -0.130. The van der Waals surface area contributed by atoms with E-state index in [2.05, 4.69) is 0 Å². The van der Waals surface area contributed by atoms with Gasteiger partial charge in [0.05, 0.1) is 6.42 Å². The molecule has 2 heterocycles. The standard InChI is InChI=1S/C15H19NO3/c17-14(16-8-3-1-2-4-9-16)10-12-6-5-7-13-15(12)19-11-18-13/h5-7H,1-4,8-11H2. The van der Waals surface area contributed by atoms with Crippen molar-refractivity contribution in [1.29, 1.82) is 0 Å². The average molecular weight is 261 g/mol. The predicted octanol–water partition coefficient (Wildman–Crippen LogP) is 2.36. The van der Waals surface area contributed by atoms with Gasteiger partial charge in [-0.05, 0) is 18.9 Å². The first kappa shape index (κ1) is 12.3. The molecule has 2 aliphatic heterocycles. The first-order valence-electron chi connectivity index (χ1n) is 7.00. The number of nitrogens with zero attached hydrogens (tertiary/aromatic N) is 1. The number of fused-ring (bicyclic) bond motifs is 1. The summed E-state index contributed by atoms with van der Waals surface area (Å²) in [4.78, 5) is 14.3. The van der Waals surface area contributed by atoms with Gasteiger partial charge in [-0.2, -0.15) is 0 Å². The summed E-state index contributed by atoms with van der Waals surface area (Å²) in [6.07, 6.45) is 5.13. The maximum atomic E-state index is 12.3. The van der Waals surface area contributed by atoms with E-state index in [0.29, 0.717) is 6.42 Å². The molecule has 4 heteroatoms. The molecule has 1 fully saturated rings. The van der Waals surface area contributed by atoms with Crippen molar-refractivity contribution in [3.8, 4) is 11.5 Å². The maximum Gasteiger partial charge on any atom is 0.231 e. The number of likely N-dealkylation sites (tertiary alicyclic amines) is 1. The van der Waals surface area contributed by atoms with E-state index in [0.717, 1.165) is 43.0 Å². The van der Waals surface area contributed by atoms with E-state index in [1.807, 2.05) is 23.1 Å². The Balaban J connectivity index is 1.71. The Hall–Kier alpha value is -1.71. The topological polar surface area (TPSA) is 38.8 Å². The summed E-state index contributed by atoms with van der Waals surface area (Å²) in [6, 6.07) is 5.74. The van der Waals surface area contributed by atoms with Gasteiger partial charge >= 0.3 is 0 Å². The number of hydrogen-bond acceptors (Lipinski definition) is 3. The van der Waals surface area contributed by atoms with Crippen LogP contribution in [-0.4, -0.2) is 30.7 Å². The molecule has 1 amide bonds. The highest BCUT2D eigenvalue weighted by Crippen LogP contribution is 2.35. The second-order valence-electron chi connectivity index (χ2n) is 5.12. The fourth-order valence-corrected chi connectivity index (χ4v) is 2.72. The van der Waals surface area contributed by atoms with Crippen molar-refractivity contribution < 1.29 is 14.3 Å². The van der Waals surface area contributed by atoms with Crippen molar-refractivity contribution in [2.75, 3.05) is 19.9 Å². The van der Waals surface area contributed by atoms with E-state index in [-0.39, 0.29) is 12.7 Å². The van der Waals surface area contributed by atoms with Gasteiger partial charge in [-0.15, -0.1) is 0 Å². The van der Waals surface area contributed by atoms with Crippen LogP contribution in [0.4, 0.5) is 0 Å². The normalized spacial score (nSPS) is 18.2. The molecule has 0 aromatic heterocycles. The molecule has 1 aromatic rings. The molecule has 3 rings (SSSR count). The highest BCUT2D eigenvalue weighted by Gasteiger charge is 2.21. The predicted molar refractivity (Wildman–Crippen MR) is 71.3 cm³/mol. The van der Waals surface area contributed by atoms with Gasteiger partial charge in [0.1, 0.15) is 0 Å². The van der Waals surface area contributed by atoms with E-state index < -0.39 is 0 Å². The summed E-state index contributed by atoms with van der Waals surface area (Å²) in [5.74, 6) is 1.69. The van der Waals surface area contributed by atoms with Gasteiger partial charge in [0.25, 0.3) is 0 Å². The minimum Gasteiger partial charge on any atom is -0.454 e. The van der Waals surface area contributed by atoms with Crippen LogP contribution in [0.2, 0.25) is 0 Å². The quantitative estimate of drug-likeness (QED) is 0.820.